The summed E-state index contributed by atoms with van der Waals surface area (Å²) in [5.74, 6) is -0.274. The van der Waals surface area contributed by atoms with E-state index in [1.165, 1.54) is 4.31 Å². The fourth-order valence-electron chi connectivity index (χ4n) is 2.71. The van der Waals surface area contributed by atoms with Crippen molar-refractivity contribution in [1.82, 2.24) is 5.48 Å². The highest BCUT2D eigenvalue weighted by molar-refractivity contribution is 7.93. The summed E-state index contributed by atoms with van der Waals surface area (Å²) in [6.45, 7) is 1.07. The molecule has 3 rings (SSSR count). The van der Waals surface area contributed by atoms with Gasteiger partial charge in [-0.05, 0) is 37.5 Å². The van der Waals surface area contributed by atoms with E-state index in [4.69, 9.17) is 9.57 Å². The van der Waals surface area contributed by atoms with E-state index in [1.54, 1.807) is 24.3 Å². The Morgan fingerprint density at radius 2 is 2.17 bits per heavy atom. The average Bonchev–Trinajstić information content (AvgIpc) is 2.93. The van der Waals surface area contributed by atoms with Gasteiger partial charge < -0.3 is 4.74 Å². The molecule has 0 aromatic heterocycles. The van der Waals surface area contributed by atoms with Crippen LogP contribution in [0.4, 0.5) is 5.69 Å². The Morgan fingerprint density at radius 1 is 1.30 bits per heavy atom. The highest BCUT2D eigenvalue weighted by Gasteiger charge is 2.28. The van der Waals surface area contributed by atoms with Gasteiger partial charge in [0.2, 0.25) is 10.0 Å². The Bertz CT molecular complexity index is 670. The van der Waals surface area contributed by atoms with Crippen molar-refractivity contribution in [3.05, 3.63) is 29.8 Å². The van der Waals surface area contributed by atoms with Crippen LogP contribution in [0.15, 0.2) is 24.3 Å². The summed E-state index contributed by atoms with van der Waals surface area (Å²) in [5, 5.41) is 0. The second-order valence-electron chi connectivity index (χ2n) is 5.64. The number of amides is 1. The Morgan fingerprint density at radius 3 is 2.87 bits per heavy atom. The predicted octanol–water partition coefficient (Wildman–Crippen LogP) is 1.41. The number of hydrogen-bond acceptors (Lipinski definition) is 5. The molecule has 23 heavy (non-hydrogen) atoms. The number of hydrogen-bond donors (Lipinski definition) is 1. The first-order valence-corrected chi connectivity index (χ1v) is 9.35. The van der Waals surface area contributed by atoms with Crippen LogP contribution < -0.4 is 9.79 Å². The predicted molar refractivity (Wildman–Crippen MR) is 84.3 cm³/mol. The van der Waals surface area contributed by atoms with Crippen LogP contribution in [0.25, 0.3) is 0 Å². The molecule has 2 fully saturated rings. The van der Waals surface area contributed by atoms with E-state index in [2.05, 4.69) is 5.48 Å². The summed E-state index contributed by atoms with van der Waals surface area (Å²) in [4.78, 5) is 17.4. The normalized spacial score (nSPS) is 23.7. The molecule has 0 bridgehead atoms. The van der Waals surface area contributed by atoms with Crippen molar-refractivity contribution in [2.75, 3.05) is 23.2 Å². The second kappa shape index (κ2) is 6.86. The number of nitrogens with one attached hydrogen (secondary N) is 1. The molecule has 0 radical (unpaired) electrons. The molecule has 0 spiro atoms. The summed E-state index contributed by atoms with van der Waals surface area (Å²) >= 11 is 0. The number of rotatable bonds is 4. The highest BCUT2D eigenvalue weighted by Crippen LogP contribution is 2.24. The highest BCUT2D eigenvalue weighted by atomic mass is 32.2. The molecule has 0 aliphatic carbocycles. The maximum atomic E-state index is 12.2. The van der Waals surface area contributed by atoms with Crippen molar-refractivity contribution in [1.29, 1.82) is 0 Å². The third-order valence-electron chi connectivity index (χ3n) is 3.92. The molecule has 2 aliphatic heterocycles. The van der Waals surface area contributed by atoms with Gasteiger partial charge in [-0.3, -0.25) is 9.10 Å². The maximum Gasteiger partial charge on any atom is 0.275 e. The zero-order chi connectivity index (χ0) is 16.3. The number of hydroxylamine groups is 1. The molecule has 1 aromatic rings. The van der Waals surface area contributed by atoms with Gasteiger partial charge in [0.25, 0.3) is 5.91 Å². The maximum absolute atomic E-state index is 12.2. The number of ether oxygens (including phenoxy) is 1. The van der Waals surface area contributed by atoms with Crippen LogP contribution in [-0.2, 0) is 19.6 Å². The third-order valence-corrected chi connectivity index (χ3v) is 5.79. The first-order valence-electron chi connectivity index (χ1n) is 7.74. The van der Waals surface area contributed by atoms with Gasteiger partial charge in [-0.2, -0.15) is 0 Å². The smallest absolute Gasteiger partial charge is 0.275 e. The van der Waals surface area contributed by atoms with Gasteiger partial charge in [-0.25, -0.2) is 18.7 Å². The first-order chi connectivity index (χ1) is 11.1. The van der Waals surface area contributed by atoms with Crippen LogP contribution in [0, 0.1) is 0 Å². The van der Waals surface area contributed by atoms with Crippen LogP contribution in [0.5, 0.6) is 0 Å². The van der Waals surface area contributed by atoms with Crippen molar-refractivity contribution in [3.63, 3.8) is 0 Å². The van der Waals surface area contributed by atoms with Crippen LogP contribution >= 0.6 is 0 Å². The fourth-order valence-corrected chi connectivity index (χ4v) is 4.27. The Balaban J connectivity index is 1.65. The SMILES string of the molecule is O=C(NO[C@H]1CCCCO1)c1cccc(N2CCCS2(=O)=O)c1. The molecule has 7 nitrogen and oxygen atoms in total. The fraction of sp³-hybridized carbons (Fsp3) is 0.533. The lowest BCUT2D eigenvalue weighted by atomic mass is 10.2. The third kappa shape index (κ3) is 3.82. The molecule has 8 heteroatoms. The number of nitrogens with zero attached hydrogens (tertiary/aromatic N) is 1. The molecule has 0 unspecified atom stereocenters. The largest absolute Gasteiger partial charge is 0.350 e. The molecular weight excluding hydrogens is 320 g/mol. The molecule has 0 saturated carbocycles. The zero-order valence-electron chi connectivity index (χ0n) is 12.7. The molecule has 2 aliphatic rings. The number of sulfonamides is 1. The van der Waals surface area contributed by atoms with E-state index < -0.39 is 22.2 Å². The summed E-state index contributed by atoms with van der Waals surface area (Å²) in [7, 11) is -3.26. The summed E-state index contributed by atoms with van der Waals surface area (Å²) in [5.41, 5.74) is 3.23. The molecule has 2 heterocycles. The zero-order valence-corrected chi connectivity index (χ0v) is 13.5. The van der Waals surface area contributed by atoms with Crippen molar-refractivity contribution < 1.29 is 22.8 Å². The van der Waals surface area contributed by atoms with Gasteiger partial charge in [-0.15, -0.1) is 0 Å². The number of carbonyl (C=O) groups is 1. The second-order valence-corrected chi connectivity index (χ2v) is 7.65. The number of benzene rings is 1. The summed E-state index contributed by atoms with van der Waals surface area (Å²) < 4.78 is 30.6. The van der Waals surface area contributed by atoms with E-state index in [-0.39, 0.29) is 5.75 Å². The first kappa shape index (κ1) is 16.2. The molecule has 2 saturated heterocycles. The molecular formula is C15H20N2O5S. The lowest BCUT2D eigenvalue weighted by Gasteiger charge is -2.22. The average molecular weight is 340 g/mol. The monoisotopic (exact) mass is 340 g/mol. The topological polar surface area (TPSA) is 84.9 Å². The van der Waals surface area contributed by atoms with Crippen molar-refractivity contribution in [2.24, 2.45) is 0 Å². The Labute approximate surface area is 135 Å². The van der Waals surface area contributed by atoms with Gasteiger partial charge >= 0.3 is 0 Å². The van der Waals surface area contributed by atoms with Crippen LogP contribution in [0.2, 0.25) is 0 Å². The van der Waals surface area contributed by atoms with Gasteiger partial charge in [0.1, 0.15) is 0 Å². The molecule has 1 aromatic carbocycles. The number of carbonyl (C=O) groups excluding carboxylic acids is 1. The van der Waals surface area contributed by atoms with Gasteiger partial charge in [0.15, 0.2) is 6.29 Å². The van der Waals surface area contributed by atoms with E-state index >= 15 is 0 Å². The van der Waals surface area contributed by atoms with E-state index in [0.29, 0.717) is 30.8 Å². The minimum Gasteiger partial charge on any atom is -0.350 e. The minimum atomic E-state index is -3.26. The molecule has 126 valence electrons. The van der Waals surface area contributed by atoms with Crippen molar-refractivity contribution >= 4 is 21.6 Å². The lowest BCUT2D eigenvalue weighted by molar-refractivity contribution is -0.186. The number of anilines is 1. The van der Waals surface area contributed by atoms with E-state index in [0.717, 1.165) is 19.3 Å². The van der Waals surface area contributed by atoms with Crippen molar-refractivity contribution in [3.8, 4) is 0 Å². The van der Waals surface area contributed by atoms with Crippen molar-refractivity contribution in [2.45, 2.75) is 32.0 Å². The molecule has 1 amide bonds. The van der Waals surface area contributed by atoms with E-state index in [1.807, 2.05) is 0 Å². The molecule has 1 N–H and O–H groups in total. The summed E-state index contributed by atoms with van der Waals surface area (Å²) in [6, 6.07) is 6.52. The lowest BCUT2D eigenvalue weighted by Crippen LogP contribution is -2.33. The van der Waals surface area contributed by atoms with Crippen LogP contribution in [0.3, 0.4) is 0 Å². The minimum absolute atomic E-state index is 0.144. The van der Waals surface area contributed by atoms with Crippen LogP contribution in [0.1, 0.15) is 36.0 Å². The molecule has 1 atom stereocenters. The Kier molecular flexibility index (Phi) is 4.84. The van der Waals surface area contributed by atoms with Gasteiger partial charge in [-0.1, -0.05) is 6.07 Å². The van der Waals surface area contributed by atoms with Crippen LogP contribution in [-0.4, -0.2) is 39.5 Å². The standard InChI is InChI=1S/C15H20N2O5S/c18-15(16-22-14-7-1-2-9-21-14)12-5-3-6-13(11-12)17-8-4-10-23(17,19)20/h3,5-6,11,14H,1-2,4,7-10H2,(H,16,18)/t14-/m0/s1. The van der Waals surface area contributed by atoms with Gasteiger partial charge in [0, 0.05) is 25.1 Å². The summed E-state index contributed by atoms with van der Waals surface area (Å²) in [6.07, 6.45) is 2.92. The van der Waals surface area contributed by atoms with E-state index in [9.17, 15) is 13.2 Å². The Hall–Kier alpha value is -1.64. The van der Waals surface area contributed by atoms with Gasteiger partial charge in [0.05, 0.1) is 11.4 Å². The quantitative estimate of drug-likeness (QED) is 0.838.